The molecule has 0 aliphatic carbocycles. The van der Waals surface area contributed by atoms with E-state index in [1.807, 2.05) is 0 Å². The van der Waals surface area contributed by atoms with Gasteiger partial charge in [-0.05, 0) is 30.2 Å². The van der Waals surface area contributed by atoms with Gasteiger partial charge in [0.1, 0.15) is 11.7 Å². The van der Waals surface area contributed by atoms with Crippen molar-refractivity contribution in [1.29, 1.82) is 0 Å². The van der Waals surface area contributed by atoms with E-state index in [0.29, 0.717) is 5.56 Å². The number of Topliss-reactive ketones (excluding diaryl/α,β-unsaturated/α-hetero) is 1. The molecule has 0 heterocycles. The molecule has 0 saturated carbocycles. The average molecular weight is 278 g/mol. The molecule has 1 unspecified atom stereocenters. The molecule has 0 aromatic heterocycles. The van der Waals surface area contributed by atoms with Gasteiger partial charge in [-0.15, -0.1) is 0 Å². The Balaban J connectivity index is 2.41. The van der Waals surface area contributed by atoms with Gasteiger partial charge in [-0.1, -0.05) is 36.4 Å². The van der Waals surface area contributed by atoms with Gasteiger partial charge in [0.2, 0.25) is 0 Å². The molecule has 0 aliphatic rings. The van der Waals surface area contributed by atoms with Gasteiger partial charge in [0.05, 0.1) is 0 Å². The lowest BCUT2D eigenvalue weighted by Crippen LogP contribution is -2.21. The number of carbonyl (C=O) groups excluding carboxylic acids is 1. The van der Waals surface area contributed by atoms with Crippen LogP contribution in [0, 0.1) is 12.7 Å². The maximum absolute atomic E-state index is 13.2. The fraction of sp³-hybridized carbons (Fsp3) is 0.188. The highest BCUT2D eigenvalue weighted by Gasteiger charge is 2.31. The van der Waals surface area contributed by atoms with Gasteiger partial charge in [0.15, 0.2) is 5.78 Å². The summed E-state index contributed by atoms with van der Waals surface area (Å²) in [5.74, 6) is -2.74. The van der Waals surface area contributed by atoms with Gasteiger partial charge in [-0.25, -0.2) is 13.2 Å². The van der Waals surface area contributed by atoms with Gasteiger partial charge < -0.3 is 0 Å². The van der Waals surface area contributed by atoms with Crippen molar-refractivity contribution < 1.29 is 18.0 Å². The number of carbonyl (C=O) groups is 1. The molecule has 2 aromatic carbocycles. The third-order valence-electron chi connectivity index (χ3n) is 3.17. The van der Waals surface area contributed by atoms with E-state index >= 15 is 0 Å². The van der Waals surface area contributed by atoms with E-state index in [4.69, 9.17) is 0 Å². The number of hydrogen-bond donors (Lipinski definition) is 0. The van der Waals surface area contributed by atoms with E-state index in [1.54, 1.807) is 25.1 Å². The maximum atomic E-state index is 13.2. The monoisotopic (exact) mass is 278 g/mol. The second-order valence-corrected chi connectivity index (χ2v) is 4.54. The quantitative estimate of drug-likeness (QED) is 0.759. The number of benzene rings is 2. The zero-order valence-corrected chi connectivity index (χ0v) is 10.8. The van der Waals surface area contributed by atoms with E-state index in [0.717, 1.165) is 12.1 Å². The van der Waals surface area contributed by atoms with E-state index < -0.39 is 23.9 Å². The first-order valence-electron chi connectivity index (χ1n) is 6.14. The van der Waals surface area contributed by atoms with Crippen LogP contribution in [-0.2, 0) is 0 Å². The molecule has 1 atom stereocenters. The first kappa shape index (κ1) is 14.3. The van der Waals surface area contributed by atoms with Crippen molar-refractivity contribution in [2.75, 3.05) is 0 Å². The number of hydrogen-bond acceptors (Lipinski definition) is 1. The first-order valence-corrected chi connectivity index (χ1v) is 6.14. The summed E-state index contributed by atoms with van der Waals surface area (Å²) in [6.07, 6.45) is -2.84. The molecular weight excluding hydrogens is 265 g/mol. The van der Waals surface area contributed by atoms with E-state index in [2.05, 4.69) is 0 Å². The summed E-state index contributed by atoms with van der Waals surface area (Å²) in [7, 11) is 0. The predicted octanol–water partition coefficient (Wildman–Crippen LogP) is 4.37. The van der Waals surface area contributed by atoms with E-state index in [-0.39, 0.29) is 11.1 Å². The topological polar surface area (TPSA) is 17.1 Å². The third kappa shape index (κ3) is 2.90. The van der Waals surface area contributed by atoms with Crippen molar-refractivity contribution in [3.8, 4) is 0 Å². The van der Waals surface area contributed by atoms with Crippen LogP contribution in [0.3, 0.4) is 0 Å². The Labute approximate surface area is 115 Å². The van der Waals surface area contributed by atoms with Gasteiger partial charge in [0, 0.05) is 5.56 Å². The first-order chi connectivity index (χ1) is 9.50. The number of rotatable bonds is 4. The van der Waals surface area contributed by atoms with Crippen molar-refractivity contribution in [3.63, 3.8) is 0 Å². The molecule has 4 heteroatoms. The number of halogens is 3. The predicted molar refractivity (Wildman–Crippen MR) is 70.7 cm³/mol. The Morgan fingerprint density at radius 3 is 2.15 bits per heavy atom. The molecule has 0 N–H and O–H groups in total. The van der Waals surface area contributed by atoms with Crippen LogP contribution in [0.15, 0.2) is 48.5 Å². The molecule has 0 radical (unpaired) electrons. The maximum Gasteiger partial charge on any atom is 0.252 e. The molecule has 2 rings (SSSR count). The van der Waals surface area contributed by atoms with Crippen LogP contribution in [0.2, 0.25) is 0 Å². The molecule has 104 valence electrons. The average Bonchev–Trinajstić information content (AvgIpc) is 2.41. The van der Waals surface area contributed by atoms with Crippen molar-refractivity contribution in [3.05, 3.63) is 71.0 Å². The lowest BCUT2D eigenvalue weighted by Gasteiger charge is -2.16. The van der Waals surface area contributed by atoms with Crippen LogP contribution < -0.4 is 0 Å². The third-order valence-corrected chi connectivity index (χ3v) is 3.17. The Hall–Kier alpha value is -2.10. The second kappa shape index (κ2) is 5.90. The fourth-order valence-corrected chi connectivity index (χ4v) is 2.10. The standard InChI is InChI=1S/C16H13F3O/c1-10-4-2-3-5-13(10)15(20)14(16(18)19)11-6-8-12(17)9-7-11/h2-9,14,16H,1H3. The lowest BCUT2D eigenvalue weighted by atomic mass is 9.89. The highest BCUT2D eigenvalue weighted by molar-refractivity contribution is 6.02. The van der Waals surface area contributed by atoms with Gasteiger partial charge in [-0.3, -0.25) is 4.79 Å². The van der Waals surface area contributed by atoms with Crippen LogP contribution in [0.4, 0.5) is 13.2 Å². The fourth-order valence-electron chi connectivity index (χ4n) is 2.10. The SMILES string of the molecule is Cc1ccccc1C(=O)C(c1ccc(F)cc1)C(F)F. The summed E-state index contributed by atoms with van der Waals surface area (Å²) < 4.78 is 39.3. The molecule has 2 aromatic rings. The van der Waals surface area contributed by atoms with Crippen LogP contribution in [0.5, 0.6) is 0 Å². The molecule has 0 bridgehead atoms. The summed E-state index contributed by atoms with van der Waals surface area (Å²) in [4.78, 5) is 12.3. The number of ketones is 1. The normalized spacial score (nSPS) is 12.4. The minimum absolute atomic E-state index is 0.120. The van der Waals surface area contributed by atoms with E-state index in [1.165, 1.54) is 18.2 Å². The zero-order chi connectivity index (χ0) is 14.7. The van der Waals surface area contributed by atoms with E-state index in [9.17, 15) is 18.0 Å². The zero-order valence-electron chi connectivity index (χ0n) is 10.8. The largest absolute Gasteiger partial charge is 0.293 e. The van der Waals surface area contributed by atoms with Crippen molar-refractivity contribution >= 4 is 5.78 Å². The minimum atomic E-state index is -2.84. The summed E-state index contributed by atoms with van der Waals surface area (Å²) in [6, 6.07) is 11.2. The van der Waals surface area contributed by atoms with Crippen molar-refractivity contribution in [2.45, 2.75) is 19.3 Å². The van der Waals surface area contributed by atoms with Crippen LogP contribution >= 0.6 is 0 Å². The molecule has 0 spiro atoms. The Bertz CT molecular complexity index is 605. The van der Waals surface area contributed by atoms with Crippen LogP contribution in [-0.4, -0.2) is 12.2 Å². The molecule has 1 nitrogen and oxygen atoms in total. The summed E-state index contributed by atoms with van der Waals surface area (Å²) in [6.45, 7) is 1.69. The molecule has 0 saturated heterocycles. The second-order valence-electron chi connectivity index (χ2n) is 4.54. The molecule has 0 amide bonds. The number of aryl methyl sites for hydroxylation is 1. The molecular formula is C16H13F3O. The van der Waals surface area contributed by atoms with Crippen LogP contribution in [0.1, 0.15) is 27.4 Å². The summed E-state index contributed by atoms with van der Waals surface area (Å²) in [5.41, 5.74) is 1.03. The van der Waals surface area contributed by atoms with Gasteiger partial charge in [-0.2, -0.15) is 0 Å². The summed E-state index contributed by atoms with van der Waals surface area (Å²) in [5, 5.41) is 0. The molecule has 0 aliphatic heterocycles. The minimum Gasteiger partial charge on any atom is -0.293 e. The van der Waals surface area contributed by atoms with Crippen molar-refractivity contribution in [1.82, 2.24) is 0 Å². The highest BCUT2D eigenvalue weighted by atomic mass is 19.3. The molecule has 0 fully saturated rings. The summed E-state index contributed by atoms with van der Waals surface area (Å²) >= 11 is 0. The van der Waals surface area contributed by atoms with Crippen LogP contribution in [0.25, 0.3) is 0 Å². The highest BCUT2D eigenvalue weighted by Crippen LogP contribution is 2.28. The Kier molecular flexibility index (Phi) is 4.23. The Morgan fingerprint density at radius 2 is 1.60 bits per heavy atom. The van der Waals surface area contributed by atoms with Gasteiger partial charge >= 0.3 is 0 Å². The van der Waals surface area contributed by atoms with Crippen molar-refractivity contribution in [2.24, 2.45) is 0 Å². The smallest absolute Gasteiger partial charge is 0.252 e. The number of alkyl halides is 2. The van der Waals surface area contributed by atoms with Gasteiger partial charge in [0.25, 0.3) is 6.43 Å². The Morgan fingerprint density at radius 1 is 1.00 bits per heavy atom. The molecule has 20 heavy (non-hydrogen) atoms. The lowest BCUT2D eigenvalue weighted by molar-refractivity contribution is 0.0734.